The van der Waals surface area contributed by atoms with Crippen LogP contribution in [0.5, 0.6) is 0 Å². The molecule has 1 heterocycles. The summed E-state index contributed by atoms with van der Waals surface area (Å²) in [4.78, 5) is 10.6. The maximum Gasteiger partial charge on any atom is 0.234 e. The van der Waals surface area contributed by atoms with Crippen LogP contribution in [-0.2, 0) is 11.2 Å². The van der Waals surface area contributed by atoms with Gasteiger partial charge in [-0.15, -0.1) is 0 Å². The first kappa shape index (κ1) is 7.81. The van der Waals surface area contributed by atoms with Crippen LogP contribution in [0, 0.1) is 0 Å². The second kappa shape index (κ2) is 3.78. The molecule has 0 atom stereocenters. The lowest BCUT2D eigenvalue weighted by Crippen LogP contribution is -2.30. The quantitative estimate of drug-likeness (QED) is 0.371. The summed E-state index contributed by atoms with van der Waals surface area (Å²) < 4.78 is 5.01. The largest absolute Gasteiger partial charge is 0.469 e. The molecule has 0 unspecified atom stereocenters. The van der Waals surface area contributed by atoms with Crippen molar-refractivity contribution in [3.8, 4) is 0 Å². The Morgan fingerprint density at radius 1 is 1.73 bits per heavy atom. The number of hydrazine groups is 1. The van der Waals surface area contributed by atoms with Gasteiger partial charge in [-0.3, -0.25) is 10.2 Å². The molecule has 1 rings (SSSR count). The highest BCUT2D eigenvalue weighted by Gasteiger charge is 2.00. The first-order valence-corrected chi connectivity index (χ1v) is 3.35. The van der Waals surface area contributed by atoms with Gasteiger partial charge in [0.05, 0.1) is 6.26 Å². The lowest BCUT2D eigenvalue weighted by Gasteiger charge is -1.95. The molecule has 1 amide bonds. The van der Waals surface area contributed by atoms with Gasteiger partial charge >= 0.3 is 0 Å². The molecule has 4 nitrogen and oxygen atoms in total. The average molecular weight is 154 g/mol. The van der Waals surface area contributed by atoms with Crippen LogP contribution in [-0.4, -0.2) is 5.91 Å². The van der Waals surface area contributed by atoms with Gasteiger partial charge in [0.1, 0.15) is 5.76 Å². The molecule has 0 bridgehead atoms. The van der Waals surface area contributed by atoms with Gasteiger partial charge in [-0.05, 0) is 12.1 Å². The number of hydrogen-bond acceptors (Lipinski definition) is 3. The molecule has 0 spiro atoms. The summed E-state index contributed by atoms with van der Waals surface area (Å²) in [5.41, 5.74) is 2.05. The number of furan rings is 1. The predicted molar refractivity (Wildman–Crippen MR) is 39.4 cm³/mol. The van der Waals surface area contributed by atoms with Crippen molar-refractivity contribution in [3.05, 3.63) is 24.2 Å². The number of carbonyl (C=O) groups excluding carboxylic acids is 1. The van der Waals surface area contributed by atoms with Crippen LogP contribution in [0.1, 0.15) is 12.2 Å². The van der Waals surface area contributed by atoms with Gasteiger partial charge in [0.15, 0.2) is 0 Å². The maximum absolute atomic E-state index is 10.6. The molecule has 0 saturated heterocycles. The first-order valence-electron chi connectivity index (χ1n) is 3.35. The Kier molecular flexibility index (Phi) is 2.68. The fraction of sp³-hybridized carbons (Fsp3) is 0.286. The normalized spacial score (nSPS) is 9.55. The van der Waals surface area contributed by atoms with Crippen LogP contribution in [0.25, 0.3) is 0 Å². The smallest absolute Gasteiger partial charge is 0.234 e. The highest BCUT2D eigenvalue weighted by molar-refractivity contribution is 5.75. The van der Waals surface area contributed by atoms with Crippen LogP contribution in [0.4, 0.5) is 0 Å². The minimum atomic E-state index is -0.179. The Hall–Kier alpha value is -1.29. The summed E-state index contributed by atoms with van der Waals surface area (Å²) in [7, 11) is 0. The second-order valence-corrected chi connectivity index (χ2v) is 2.15. The van der Waals surface area contributed by atoms with Gasteiger partial charge in [0, 0.05) is 12.8 Å². The lowest BCUT2D eigenvalue weighted by atomic mass is 10.2. The van der Waals surface area contributed by atoms with E-state index in [2.05, 4.69) is 0 Å². The summed E-state index contributed by atoms with van der Waals surface area (Å²) in [6, 6.07) is 3.61. The second-order valence-electron chi connectivity index (χ2n) is 2.15. The van der Waals surface area contributed by atoms with E-state index >= 15 is 0 Å². The van der Waals surface area contributed by atoms with Gasteiger partial charge in [0.25, 0.3) is 0 Å². The first-order chi connectivity index (χ1) is 5.33. The van der Waals surface area contributed by atoms with Crippen molar-refractivity contribution in [1.82, 2.24) is 5.43 Å². The number of aryl methyl sites for hydroxylation is 1. The summed E-state index contributed by atoms with van der Waals surface area (Å²) in [6.45, 7) is 0. The summed E-state index contributed by atoms with van der Waals surface area (Å²) >= 11 is 0. The predicted octanol–water partition coefficient (Wildman–Crippen LogP) is 0.202. The summed E-state index contributed by atoms with van der Waals surface area (Å²) in [6.07, 6.45) is 2.54. The van der Waals surface area contributed by atoms with Crippen LogP contribution >= 0.6 is 0 Å². The molecular formula is C7H10N2O2. The zero-order chi connectivity index (χ0) is 8.10. The molecule has 11 heavy (non-hydrogen) atoms. The van der Waals surface area contributed by atoms with Gasteiger partial charge in [-0.1, -0.05) is 0 Å². The van der Waals surface area contributed by atoms with Crippen LogP contribution in [0.15, 0.2) is 22.8 Å². The number of rotatable bonds is 3. The van der Waals surface area contributed by atoms with E-state index in [1.54, 1.807) is 12.3 Å². The van der Waals surface area contributed by atoms with E-state index < -0.39 is 0 Å². The third-order valence-electron chi connectivity index (χ3n) is 1.34. The SMILES string of the molecule is NNC(=O)CCc1ccco1. The van der Waals surface area contributed by atoms with Crippen molar-refractivity contribution in [3.63, 3.8) is 0 Å². The molecule has 0 aliphatic rings. The Bertz CT molecular complexity index is 218. The number of carbonyl (C=O) groups is 1. The standard InChI is InChI=1S/C7H10N2O2/c8-9-7(10)4-3-6-2-1-5-11-6/h1-2,5H,3-4,8H2,(H,9,10). The minimum absolute atomic E-state index is 0.179. The third-order valence-corrected chi connectivity index (χ3v) is 1.34. The lowest BCUT2D eigenvalue weighted by molar-refractivity contribution is -0.121. The van der Waals surface area contributed by atoms with E-state index in [9.17, 15) is 4.79 Å². The molecule has 0 aliphatic carbocycles. The Balaban J connectivity index is 2.29. The summed E-state index contributed by atoms with van der Waals surface area (Å²) in [5.74, 6) is 5.50. The van der Waals surface area contributed by atoms with Crippen molar-refractivity contribution in [2.24, 2.45) is 5.84 Å². The van der Waals surface area contributed by atoms with E-state index in [-0.39, 0.29) is 5.91 Å². The molecule has 0 aromatic carbocycles. The Labute approximate surface area is 64.3 Å². The van der Waals surface area contributed by atoms with E-state index in [0.717, 1.165) is 5.76 Å². The minimum Gasteiger partial charge on any atom is -0.469 e. The molecule has 4 heteroatoms. The highest BCUT2D eigenvalue weighted by Crippen LogP contribution is 2.02. The summed E-state index contributed by atoms with van der Waals surface area (Å²) in [5, 5.41) is 0. The number of nitrogens with two attached hydrogens (primary N) is 1. The Morgan fingerprint density at radius 3 is 3.09 bits per heavy atom. The maximum atomic E-state index is 10.6. The van der Waals surface area contributed by atoms with Gasteiger partial charge in [-0.25, -0.2) is 5.84 Å². The molecule has 1 aromatic heterocycles. The van der Waals surface area contributed by atoms with Crippen molar-refractivity contribution < 1.29 is 9.21 Å². The third kappa shape index (κ3) is 2.43. The highest BCUT2D eigenvalue weighted by atomic mass is 16.3. The van der Waals surface area contributed by atoms with Gasteiger partial charge in [0.2, 0.25) is 5.91 Å². The monoisotopic (exact) mass is 154 g/mol. The molecule has 0 fully saturated rings. The fourth-order valence-corrected chi connectivity index (χ4v) is 0.764. The molecule has 1 aromatic rings. The zero-order valence-electron chi connectivity index (χ0n) is 6.04. The fourth-order valence-electron chi connectivity index (χ4n) is 0.764. The van der Waals surface area contributed by atoms with E-state index in [1.165, 1.54) is 0 Å². The average Bonchev–Trinajstić information content (AvgIpc) is 2.52. The van der Waals surface area contributed by atoms with Crippen LogP contribution in [0.3, 0.4) is 0 Å². The molecule has 60 valence electrons. The number of nitrogens with one attached hydrogen (secondary N) is 1. The topological polar surface area (TPSA) is 68.3 Å². The number of amides is 1. The van der Waals surface area contributed by atoms with Gasteiger partial charge < -0.3 is 4.42 Å². The van der Waals surface area contributed by atoms with Crippen LogP contribution < -0.4 is 11.3 Å². The van der Waals surface area contributed by atoms with E-state index in [0.29, 0.717) is 12.8 Å². The zero-order valence-corrected chi connectivity index (χ0v) is 6.04. The van der Waals surface area contributed by atoms with Crippen molar-refractivity contribution in [1.29, 1.82) is 0 Å². The van der Waals surface area contributed by atoms with E-state index in [4.69, 9.17) is 10.3 Å². The van der Waals surface area contributed by atoms with E-state index in [1.807, 2.05) is 11.5 Å². The molecule has 0 radical (unpaired) electrons. The molecule has 3 N–H and O–H groups in total. The van der Waals surface area contributed by atoms with Crippen molar-refractivity contribution in [2.75, 3.05) is 0 Å². The van der Waals surface area contributed by atoms with Crippen molar-refractivity contribution in [2.45, 2.75) is 12.8 Å². The molecule has 0 aliphatic heterocycles. The number of hydrogen-bond donors (Lipinski definition) is 2. The van der Waals surface area contributed by atoms with Gasteiger partial charge in [-0.2, -0.15) is 0 Å². The molecular weight excluding hydrogens is 144 g/mol. The van der Waals surface area contributed by atoms with Crippen molar-refractivity contribution >= 4 is 5.91 Å². The van der Waals surface area contributed by atoms with Crippen LogP contribution in [0.2, 0.25) is 0 Å². The Morgan fingerprint density at radius 2 is 2.55 bits per heavy atom. The molecule has 0 saturated carbocycles.